The number of ether oxygens (including phenoxy) is 1. The van der Waals surface area contributed by atoms with Gasteiger partial charge in [-0.15, -0.1) is 11.3 Å². The molecule has 0 unspecified atom stereocenters. The molecule has 3 aromatic rings. The second kappa shape index (κ2) is 9.09. The Balaban J connectivity index is 1.30. The van der Waals surface area contributed by atoms with Crippen LogP contribution in [0.3, 0.4) is 0 Å². The van der Waals surface area contributed by atoms with Crippen molar-refractivity contribution < 1.29 is 14.3 Å². The van der Waals surface area contributed by atoms with Gasteiger partial charge in [0.05, 0.1) is 5.69 Å². The summed E-state index contributed by atoms with van der Waals surface area (Å²) in [5, 5.41) is 0.767. The molecule has 1 saturated heterocycles. The van der Waals surface area contributed by atoms with Crippen LogP contribution in [0.5, 0.6) is 0 Å². The molecule has 1 aliphatic rings. The first-order chi connectivity index (χ1) is 14.6. The monoisotopic (exact) mass is 421 g/mol. The van der Waals surface area contributed by atoms with Crippen LogP contribution in [0.1, 0.15) is 15.4 Å². The van der Waals surface area contributed by atoms with Crippen LogP contribution in [0.4, 0.5) is 5.69 Å². The third kappa shape index (κ3) is 4.52. The van der Waals surface area contributed by atoms with E-state index in [1.807, 2.05) is 48.5 Å². The lowest BCUT2D eigenvalue weighted by atomic mass is 10.2. The number of para-hydroxylation sites is 1. The second-order valence-corrected chi connectivity index (χ2v) is 8.08. The molecule has 1 aromatic heterocycles. The second-order valence-electron chi connectivity index (χ2n) is 7.08. The molecule has 0 spiro atoms. The third-order valence-corrected chi connectivity index (χ3v) is 6.27. The van der Waals surface area contributed by atoms with Gasteiger partial charge in [0.1, 0.15) is 9.88 Å². The zero-order valence-electron chi connectivity index (χ0n) is 16.8. The number of aryl methyl sites for hydroxylation is 1. The van der Waals surface area contributed by atoms with Crippen molar-refractivity contribution in [2.75, 3.05) is 37.7 Å². The van der Waals surface area contributed by atoms with Crippen LogP contribution in [-0.2, 0) is 9.53 Å². The average Bonchev–Trinajstić information content (AvgIpc) is 3.20. The third-order valence-electron chi connectivity index (χ3n) is 5.08. The van der Waals surface area contributed by atoms with Crippen LogP contribution >= 0.6 is 11.3 Å². The fourth-order valence-electron chi connectivity index (χ4n) is 3.43. The van der Waals surface area contributed by atoms with Crippen molar-refractivity contribution in [1.82, 2.24) is 9.88 Å². The molecule has 2 aromatic carbocycles. The molecule has 1 amide bonds. The number of aromatic nitrogens is 1. The summed E-state index contributed by atoms with van der Waals surface area (Å²) in [6, 6.07) is 19.9. The zero-order valence-corrected chi connectivity index (χ0v) is 17.6. The molecule has 6 nitrogen and oxygen atoms in total. The van der Waals surface area contributed by atoms with Gasteiger partial charge >= 0.3 is 5.97 Å². The average molecular weight is 422 g/mol. The van der Waals surface area contributed by atoms with Crippen molar-refractivity contribution in [3.63, 3.8) is 0 Å². The summed E-state index contributed by atoms with van der Waals surface area (Å²) in [4.78, 5) is 33.9. The molecular weight excluding hydrogens is 398 g/mol. The highest BCUT2D eigenvalue weighted by atomic mass is 32.1. The number of anilines is 1. The Bertz CT molecular complexity index is 1010. The predicted molar refractivity (Wildman–Crippen MR) is 118 cm³/mol. The molecule has 1 aliphatic heterocycles. The van der Waals surface area contributed by atoms with Crippen LogP contribution in [0.2, 0.25) is 0 Å². The van der Waals surface area contributed by atoms with Gasteiger partial charge in [-0.1, -0.05) is 48.5 Å². The predicted octanol–water partition coefficient (Wildman–Crippen LogP) is 3.62. The maximum absolute atomic E-state index is 12.5. The zero-order chi connectivity index (χ0) is 20.9. The normalized spacial score (nSPS) is 13.9. The first kappa shape index (κ1) is 20.1. The Morgan fingerprint density at radius 1 is 0.967 bits per heavy atom. The number of carbonyl (C=O) groups excluding carboxylic acids is 2. The number of benzene rings is 2. The topological polar surface area (TPSA) is 62.7 Å². The van der Waals surface area contributed by atoms with E-state index < -0.39 is 5.97 Å². The lowest BCUT2D eigenvalue weighted by Gasteiger charge is -2.36. The summed E-state index contributed by atoms with van der Waals surface area (Å²) < 4.78 is 5.31. The molecule has 4 rings (SSSR count). The fourth-order valence-corrected chi connectivity index (χ4v) is 4.39. The highest BCUT2D eigenvalue weighted by Crippen LogP contribution is 2.28. The van der Waals surface area contributed by atoms with E-state index in [1.165, 1.54) is 11.3 Å². The van der Waals surface area contributed by atoms with E-state index in [4.69, 9.17) is 4.74 Å². The van der Waals surface area contributed by atoms with E-state index in [1.54, 1.807) is 11.8 Å². The van der Waals surface area contributed by atoms with E-state index in [0.29, 0.717) is 23.7 Å². The fraction of sp³-hybridized carbons (Fsp3) is 0.261. The van der Waals surface area contributed by atoms with Gasteiger partial charge in [0.2, 0.25) is 0 Å². The summed E-state index contributed by atoms with van der Waals surface area (Å²) in [6.45, 7) is 4.29. The van der Waals surface area contributed by atoms with E-state index in [-0.39, 0.29) is 12.5 Å². The van der Waals surface area contributed by atoms with Gasteiger partial charge in [0, 0.05) is 37.4 Å². The number of carbonyl (C=O) groups is 2. The van der Waals surface area contributed by atoms with Gasteiger partial charge in [0.15, 0.2) is 6.61 Å². The highest BCUT2D eigenvalue weighted by molar-refractivity contribution is 7.17. The molecule has 2 heterocycles. The Kier molecular flexibility index (Phi) is 6.09. The van der Waals surface area contributed by atoms with Crippen LogP contribution < -0.4 is 4.90 Å². The molecule has 154 valence electrons. The maximum atomic E-state index is 12.5. The van der Waals surface area contributed by atoms with Gasteiger partial charge in [-0.25, -0.2) is 9.78 Å². The maximum Gasteiger partial charge on any atom is 0.350 e. The first-order valence-electron chi connectivity index (χ1n) is 9.89. The minimum atomic E-state index is -0.497. The molecule has 30 heavy (non-hydrogen) atoms. The van der Waals surface area contributed by atoms with Crippen molar-refractivity contribution in [2.24, 2.45) is 0 Å². The van der Waals surface area contributed by atoms with Crippen LogP contribution in [-0.4, -0.2) is 54.5 Å². The number of nitrogens with zero attached hydrogens (tertiary/aromatic N) is 3. The van der Waals surface area contributed by atoms with Crippen LogP contribution in [0.15, 0.2) is 60.7 Å². The number of esters is 1. The minimum Gasteiger partial charge on any atom is -0.451 e. The number of thiazole rings is 1. The summed E-state index contributed by atoms with van der Waals surface area (Å²) in [7, 11) is 0. The summed E-state index contributed by atoms with van der Waals surface area (Å²) in [6.07, 6.45) is 0. The van der Waals surface area contributed by atoms with Gasteiger partial charge in [-0.2, -0.15) is 0 Å². The molecule has 0 radical (unpaired) electrons. The van der Waals surface area contributed by atoms with E-state index in [2.05, 4.69) is 22.0 Å². The van der Waals surface area contributed by atoms with Crippen molar-refractivity contribution in [2.45, 2.75) is 6.92 Å². The highest BCUT2D eigenvalue weighted by Gasteiger charge is 2.24. The van der Waals surface area contributed by atoms with Crippen molar-refractivity contribution in [3.8, 4) is 10.6 Å². The summed E-state index contributed by atoms with van der Waals surface area (Å²) in [5.74, 6) is -0.662. The van der Waals surface area contributed by atoms with Gasteiger partial charge in [-0.3, -0.25) is 4.79 Å². The smallest absolute Gasteiger partial charge is 0.350 e. The molecule has 1 fully saturated rings. The molecule has 0 bridgehead atoms. The number of rotatable bonds is 5. The standard InChI is InChI=1S/C23H23N3O3S/c1-17-21(30-22(24-17)18-8-4-2-5-9-18)23(28)29-16-20(27)26-14-12-25(13-15-26)19-10-6-3-7-11-19/h2-11H,12-16H2,1H3. The van der Waals surface area contributed by atoms with E-state index >= 15 is 0 Å². The Hall–Kier alpha value is -3.19. The lowest BCUT2D eigenvalue weighted by Crippen LogP contribution is -2.49. The SMILES string of the molecule is Cc1nc(-c2ccccc2)sc1C(=O)OCC(=O)N1CCN(c2ccccc2)CC1. The van der Waals surface area contributed by atoms with Crippen molar-refractivity contribution in [1.29, 1.82) is 0 Å². The van der Waals surface area contributed by atoms with Crippen LogP contribution in [0.25, 0.3) is 10.6 Å². The Labute approximate surface area is 179 Å². The summed E-state index contributed by atoms with van der Waals surface area (Å²) >= 11 is 1.29. The molecule has 0 aliphatic carbocycles. The van der Waals surface area contributed by atoms with Gasteiger partial charge in [-0.05, 0) is 19.1 Å². The number of piperazine rings is 1. The van der Waals surface area contributed by atoms with E-state index in [0.717, 1.165) is 29.3 Å². The Morgan fingerprint density at radius 2 is 1.60 bits per heavy atom. The summed E-state index contributed by atoms with van der Waals surface area (Å²) in [5.41, 5.74) is 2.73. The van der Waals surface area contributed by atoms with E-state index in [9.17, 15) is 9.59 Å². The van der Waals surface area contributed by atoms with Crippen LogP contribution in [0, 0.1) is 6.92 Å². The molecule has 0 atom stereocenters. The van der Waals surface area contributed by atoms with Crippen molar-refractivity contribution >= 4 is 28.9 Å². The Morgan fingerprint density at radius 3 is 2.27 bits per heavy atom. The number of hydrogen-bond acceptors (Lipinski definition) is 6. The number of amides is 1. The first-order valence-corrected chi connectivity index (χ1v) is 10.7. The lowest BCUT2D eigenvalue weighted by molar-refractivity contribution is -0.134. The molecule has 7 heteroatoms. The molecule has 0 N–H and O–H groups in total. The van der Waals surface area contributed by atoms with Crippen molar-refractivity contribution in [3.05, 3.63) is 71.2 Å². The minimum absolute atomic E-state index is 0.165. The largest absolute Gasteiger partial charge is 0.451 e. The number of hydrogen-bond donors (Lipinski definition) is 0. The molecule has 0 saturated carbocycles. The van der Waals surface area contributed by atoms with Gasteiger partial charge in [0.25, 0.3) is 5.91 Å². The quantitative estimate of drug-likeness (QED) is 0.589. The molecular formula is C23H23N3O3S. The van der Waals surface area contributed by atoms with Gasteiger partial charge < -0.3 is 14.5 Å².